The number of benzene rings is 2. The minimum Gasteiger partial charge on any atom is -0.486 e. The van der Waals surface area contributed by atoms with E-state index >= 15 is 0 Å². The molecule has 1 atom stereocenters. The maximum atomic E-state index is 12.3. The third-order valence-electron chi connectivity index (χ3n) is 4.42. The summed E-state index contributed by atoms with van der Waals surface area (Å²) in [6.07, 6.45) is 0.551. The molecule has 0 spiro atoms. The zero-order valence-electron chi connectivity index (χ0n) is 16.0. The van der Waals surface area contributed by atoms with Crippen molar-refractivity contribution in [3.05, 3.63) is 65.2 Å². The Bertz CT molecular complexity index is 765. The van der Waals surface area contributed by atoms with E-state index < -0.39 is 5.60 Å². The molecule has 1 unspecified atom stereocenters. The predicted octanol–water partition coefficient (Wildman–Crippen LogP) is 5.12. The zero-order chi connectivity index (χ0) is 18.7. The highest BCUT2D eigenvalue weighted by Crippen LogP contribution is 2.28. The van der Waals surface area contributed by atoms with Crippen LogP contribution in [0.25, 0.3) is 0 Å². The zero-order valence-corrected chi connectivity index (χ0v) is 16.0. The van der Waals surface area contributed by atoms with Gasteiger partial charge < -0.3 is 14.4 Å². The average Bonchev–Trinajstić information content (AvgIpc) is 2.60. The molecule has 0 aromatic heterocycles. The van der Waals surface area contributed by atoms with Crippen molar-refractivity contribution in [2.45, 2.75) is 52.4 Å². The Labute approximate surface area is 155 Å². The highest BCUT2D eigenvalue weighted by Gasteiger charge is 2.26. The monoisotopic (exact) mass is 353 g/mol. The molecule has 1 heterocycles. The number of carbonyl (C=O) groups excluding carboxylic acids is 1. The first-order valence-corrected chi connectivity index (χ1v) is 9.13. The van der Waals surface area contributed by atoms with Crippen molar-refractivity contribution in [2.24, 2.45) is 0 Å². The number of ether oxygens (including phenoxy) is 2. The Balaban J connectivity index is 1.70. The van der Waals surface area contributed by atoms with Crippen molar-refractivity contribution in [3.63, 3.8) is 0 Å². The third-order valence-corrected chi connectivity index (χ3v) is 4.42. The Hall–Kier alpha value is -2.49. The van der Waals surface area contributed by atoms with Gasteiger partial charge in [0.15, 0.2) is 0 Å². The van der Waals surface area contributed by atoms with Crippen LogP contribution in [0.4, 0.5) is 4.79 Å². The maximum Gasteiger partial charge on any atom is 0.410 e. The van der Waals surface area contributed by atoms with Crippen LogP contribution in [-0.2, 0) is 17.7 Å². The van der Waals surface area contributed by atoms with E-state index in [0.29, 0.717) is 13.1 Å². The summed E-state index contributed by atoms with van der Waals surface area (Å²) in [6.45, 7) is 8.95. The van der Waals surface area contributed by atoms with Crippen molar-refractivity contribution in [2.75, 3.05) is 6.54 Å². The summed E-state index contributed by atoms with van der Waals surface area (Å²) in [5.41, 5.74) is 3.05. The van der Waals surface area contributed by atoms with Gasteiger partial charge in [0.05, 0.1) is 0 Å². The van der Waals surface area contributed by atoms with E-state index in [1.54, 1.807) is 4.90 Å². The molecule has 4 nitrogen and oxygen atoms in total. The van der Waals surface area contributed by atoms with E-state index in [2.05, 4.69) is 18.2 Å². The van der Waals surface area contributed by atoms with E-state index in [-0.39, 0.29) is 12.2 Å². The molecule has 1 aliphatic heterocycles. The molecule has 2 aromatic rings. The maximum absolute atomic E-state index is 12.3. The number of rotatable bonds is 3. The van der Waals surface area contributed by atoms with Gasteiger partial charge in [-0.3, -0.25) is 0 Å². The number of hydrogen-bond acceptors (Lipinski definition) is 3. The van der Waals surface area contributed by atoms with Crippen LogP contribution in [0.1, 0.15) is 50.5 Å². The molecule has 138 valence electrons. The average molecular weight is 353 g/mol. The summed E-state index contributed by atoms with van der Waals surface area (Å²) in [5.74, 6) is 0.825. The highest BCUT2D eigenvalue weighted by molar-refractivity contribution is 5.68. The van der Waals surface area contributed by atoms with Crippen molar-refractivity contribution in [3.8, 4) is 5.75 Å². The normalized spacial score (nSPS) is 15.2. The fraction of sp³-hybridized carbons (Fsp3) is 0.409. The first-order chi connectivity index (χ1) is 12.3. The smallest absolute Gasteiger partial charge is 0.410 e. The van der Waals surface area contributed by atoms with Gasteiger partial charge in [-0.1, -0.05) is 36.4 Å². The lowest BCUT2D eigenvalue weighted by atomic mass is 9.99. The topological polar surface area (TPSA) is 38.8 Å². The van der Waals surface area contributed by atoms with Gasteiger partial charge in [0.1, 0.15) is 17.5 Å². The van der Waals surface area contributed by atoms with Crippen LogP contribution in [0.5, 0.6) is 5.75 Å². The first-order valence-electron chi connectivity index (χ1n) is 9.13. The number of nitrogens with zero attached hydrogens (tertiary/aromatic N) is 1. The molecule has 0 saturated heterocycles. The minimum absolute atomic E-state index is 0.0280. The van der Waals surface area contributed by atoms with Gasteiger partial charge in [0.2, 0.25) is 0 Å². The summed E-state index contributed by atoms with van der Waals surface area (Å²) < 4.78 is 11.6. The van der Waals surface area contributed by atoms with Gasteiger partial charge in [-0.15, -0.1) is 0 Å². The Morgan fingerprint density at radius 2 is 1.81 bits per heavy atom. The summed E-state index contributed by atoms with van der Waals surface area (Å²) in [4.78, 5) is 14.1. The number of carbonyl (C=O) groups is 1. The molecule has 0 N–H and O–H groups in total. The fourth-order valence-corrected chi connectivity index (χ4v) is 3.09. The van der Waals surface area contributed by atoms with Gasteiger partial charge in [0.25, 0.3) is 0 Å². The first kappa shape index (κ1) is 18.3. The number of hydrogen-bond donors (Lipinski definition) is 0. The van der Waals surface area contributed by atoms with Crippen LogP contribution in [0.2, 0.25) is 0 Å². The molecule has 4 heteroatoms. The van der Waals surface area contributed by atoms with Gasteiger partial charge in [-0.05, 0) is 62.9 Å². The molecule has 1 amide bonds. The lowest BCUT2D eigenvalue weighted by Crippen LogP contribution is -2.39. The summed E-state index contributed by atoms with van der Waals surface area (Å²) in [7, 11) is 0. The van der Waals surface area contributed by atoms with Crippen LogP contribution in [0.15, 0.2) is 48.5 Å². The van der Waals surface area contributed by atoms with E-state index in [0.717, 1.165) is 23.3 Å². The fourth-order valence-electron chi connectivity index (χ4n) is 3.09. The number of fused-ring (bicyclic) bond motifs is 1. The number of amides is 1. The molecular formula is C22H27NO3. The minimum atomic E-state index is -0.479. The van der Waals surface area contributed by atoms with Gasteiger partial charge >= 0.3 is 6.09 Å². The second kappa shape index (κ2) is 7.40. The molecule has 1 aliphatic rings. The van der Waals surface area contributed by atoms with Crippen molar-refractivity contribution < 1.29 is 14.3 Å². The molecule has 2 aromatic carbocycles. The molecule has 0 fully saturated rings. The molecule has 0 aliphatic carbocycles. The third kappa shape index (κ3) is 4.57. The molecule has 26 heavy (non-hydrogen) atoms. The molecule has 0 saturated carbocycles. The Kier molecular flexibility index (Phi) is 5.21. The van der Waals surface area contributed by atoms with Crippen molar-refractivity contribution >= 4 is 6.09 Å². The standard InChI is InChI=1S/C22H27NO3/c1-16(17-8-6-5-7-9-17)25-20-11-10-18-12-13-23(15-19(18)14-20)21(24)26-22(2,3)4/h5-11,14,16H,12-13,15H2,1-4H3. The largest absolute Gasteiger partial charge is 0.486 e. The molecule has 0 bridgehead atoms. The summed E-state index contributed by atoms with van der Waals surface area (Å²) in [5, 5.41) is 0. The molecule has 0 radical (unpaired) electrons. The summed E-state index contributed by atoms with van der Waals surface area (Å²) in [6, 6.07) is 16.3. The van der Waals surface area contributed by atoms with E-state index in [4.69, 9.17) is 9.47 Å². The van der Waals surface area contributed by atoms with Crippen LogP contribution >= 0.6 is 0 Å². The van der Waals surface area contributed by atoms with Gasteiger partial charge in [0, 0.05) is 13.1 Å². The van der Waals surface area contributed by atoms with E-state index in [1.165, 1.54) is 5.56 Å². The Morgan fingerprint density at radius 3 is 2.50 bits per heavy atom. The predicted molar refractivity (Wildman–Crippen MR) is 102 cm³/mol. The quantitative estimate of drug-likeness (QED) is 0.769. The second-order valence-electron chi connectivity index (χ2n) is 7.75. The van der Waals surface area contributed by atoms with Crippen LogP contribution in [-0.4, -0.2) is 23.1 Å². The van der Waals surface area contributed by atoms with E-state index in [1.807, 2.05) is 58.0 Å². The lowest BCUT2D eigenvalue weighted by Gasteiger charge is -2.31. The Morgan fingerprint density at radius 1 is 1.08 bits per heavy atom. The van der Waals surface area contributed by atoms with E-state index in [9.17, 15) is 4.79 Å². The van der Waals surface area contributed by atoms with Crippen LogP contribution in [0.3, 0.4) is 0 Å². The van der Waals surface area contributed by atoms with Crippen LogP contribution < -0.4 is 4.74 Å². The highest BCUT2D eigenvalue weighted by atomic mass is 16.6. The lowest BCUT2D eigenvalue weighted by molar-refractivity contribution is 0.0223. The molecular weight excluding hydrogens is 326 g/mol. The van der Waals surface area contributed by atoms with Crippen LogP contribution in [0, 0.1) is 0 Å². The van der Waals surface area contributed by atoms with Gasteiger partial charge in [-0.2, -0.15) is 0 Å². The SMILES string of the molecule is CC(Oc1ccc2c(c1)CN(C(=O)OC(C)(C)C)CC2)c1ccccc1. The second-order valence-corrected chi connectivity index (χ2v) is 7.75. The molecule has 3 rings (SSSR count). The van der Waals surface area contributed by atoms with Crippen molar-refractivity contribution in [1.82, 2.24) is 4.90 Å². The van der Waals surface area contributed by atoms with Crippen molar-refractivity contribution in [1.29, 1.82) is 0 Å². The van der Waals surface area contributed by atoms with Gasteiger partial charge in [-0.25, -0.2) is 4.79 Å². The summed E-state index contributed by atoms with van der Waals surface area (Å²) >= 11 is 0.